The Balaban J connectivity index is 2.01. The number of carbonyl (C=O) groups is 1. The van der Waals surface area contributed by atoms with Crippen LogP contribution in [0.3, 0.4) is 0 Å². The first kappa shape index (κ1) is 17.7. The van der Waals surface area contributed by atoms with E-state index in [1.165, 1.54) is 0 Å². The molecule has 23 heavy (non-hydrogen) atoms. The first-order valence-electron chi connectivity index (χ1n) is 7.76. The fourth-order valence-electron chi connectivity index (χ4n) is 2.63. The predicted molar refractivity (Wildman–Crippen MR) is 87.7 cm³/mol. The molecule has 1 aromatic rings. The highest BCUT2D eigenvalue weighted by molar-refractivity contribution is 7.90. The van der Waals surface area contributed by atoms with Gasteiger partial charge in [-0.25, -0.2) is 13.2 Å². The topological polar surface area (TPSA) is 76.6 Å². The van der Waals surface area contributed by atoms with E-state index in [0.29, 0.717) is 18.7 Å². The van der Waals surface area contributed by atoms with Gasteiger partial charge in [-0.3, -0.25) is 4.98 Å². The molecule has 0 spiro atoms. The van der Waals surface area contributed by atoms with Crippen LogP contribution in [0.4, 0.5) is 4.79 Å². The zero-order valence-electron chi connectivity index (χ0n) is 13.9. The van der Waals surface area contributed by atoms with Crippen molar-refractivity contribution >= 4 is 15.9 Å². The van der Waals surface area contributed by atoms with Gasteiger partial charge in [0.1, 0.15) is 5.60 Å². The fraction of sp³-hybridized carbons (Fsp3) is 0.625. The summed E-state index contributed by atoms with van der Waals surface area (Å²) < 4.78 is 30.1. The van der Waals surface area contributed by atoms with Gasteiger partial charge in [0.05, 0.1) is 17.2 Å². The Morgan fingerprint density at radius 1 is 1.39 bits per heavy atom. The zero-order valence-corrected chi connectivity index (χ0v) is 14.7. The third-order valence-corrected chi connectivity index (χ3v) is 5.17. The summed E-state index contributed by atoms with van der Waals surface area (Å²) in [5, 5.41) is 0. The maximum absolute atomic E-state index is 12.4. The van der Waals surface area contributed by atoms with Crippen molar-refractivity contribution in [3.63, 3.8) is 0 Å². The average molecular weight is 340 g/mol. The van der Waals surface area contributed by atoms with Crippen molar-refractivity contribution in [1.29, 1.82) is 0 Å². The molecule has 7 heteroatoms. The lowest BCUT2D eigenvalue weighted by Crippen LogP contribution is -2.42. The summed E-state index contributed by atoms with van der Waals surface area (Å²) in [4.78, 5) is 17.8. The van der Waals surface area contributed by atoms with E-state index in [1.54, 1.807) is 50.1 Å². The molecule has 1 unspecified atom stereocenters. The van der Waals surface area contributed by atoms with Crippen molar-refractivity contribution in [3.8, 4) is 0 Å². The standard InChI is InChI=1S/C16H24N2O4S/c1-16(2,3)22-15(19)18-10-6-8-14(18)12-23(20,21)11-13-7-4-5-9-17-13/h4-5,7,9,14H,6,8,10-12H2,1-3H3. The van der Waals surface area contributed by atoms with Gasteiger partial charge in [0.15, 0.2) is 9.84 Å². The molecule has 1 saturated heterocycles. The molecule has 0 saturated carbocycles. The summed E-state index contributed by atoms with van der Waals surface area (Å²) in [5.74, 6) is -0.157. The second kappa shape index (κ2) is 6.86. The monoisotopic (exact) mass is 340 g/mol. The van der Waals surface area contributed by atoms with Gasteiger partial charge >= 0.3 is 6.09 Å². The Bertz CT molecular complexity index is 638. The summed E-state index contributed by atoms with van der Waals surface area (Å²) in [6, 6.07) is 4.88. The highest BCUT2D eigenvalue weighted by Crippen LogP contribution is 2.22. The molecule has 6 nitrogen and oxygen atoms in total. The third kappa shape index (κ3) is 5.49. The lowest BCUT2D eigenvalue weighted by molar-refractivity contribution is 0.0241. The van der Waals surface area contributed by atoms with E-state index in [4.69, 9.17) is 4.74 Å². The minimum absolute atomic E-state index is 0.0528. The average Bonchev–Trinajstić information content (AvgIpc) is 2.84. The van der Waals surface area contributed by atoms with Gasteiger partial charge in [-0.1, -0.05) is 6.07 Å². The van der Waals surface area contributed by atoms with Gasteiger partial charge in [0, 0.05) is 18.8 Å². The number of aromatic nitrogens is 1. The second-order valence-corrected chi connectivity index (χ2v) is 8.95. The third-order valence-electron chi connectivity index (χ3n) is 3.55. The van der Waals surface area contributed by atoms with Crippen molar-refractivity contribution in [2.24, 2.45) is 0 Å². The van der Waals surface area contributed by atoms with E-state index in [1.807, 2.05) is 0 Å². The lowest BCUT2D eigenvalue weighted by Gasteiger charge is -2.28. The van der Waals surface area contributed by atoms with E-state index in [0.717, 1.165) is 6.42 Å². The smallest absolute Gasteiger partial charge is 0.410 e. The van der Waals surface area contributed by atoms with Crippen LogP contribution in [-0.4, -0.2) is 48.3 Å². The molecular weight excluding hydrogens is 316 g/mol. The summed E-state index contributed by atoms with van der Waals surface area (Å²) in [5.41, 5.74) is -0.0637. The van der Waals surface area contributed by atoms with Crippen LogP contribution in [0.5, 0.6) is 0 Å². The molecule has 0 radical (unpaired) electrons. The van der Waals surface area contributed by atoms with Gasteiger partial charge < -0.3 is 9.64 Å². The first-order chi connectivity index (χ1) is 10.7. The van der Waals surface area contributed by atoms with Crippen LogP contribution in [0.25, 0.3) is 0 Å². The van der Waals surface area contributed by atoms with Gasteiger partial charge in [0.2, 0.25) is 0 Å². The summed E-state index contributed by atoms with van der Waals surface area (Å²) >= 11 is 0. The maximum Gasteiger partial charge on any atom is 0.410 e. The summed E-state index contributed by atoms with van der Waals surface area (Å²) in [6.45, 7) is 5.94. The SMILES string of the molecule is CC(C)(C)OC(=O)N1CCCC1CS(=O)(=O)Cc1ccccn1. The molecule has 128 valence electrons. The van der Waals surface area contributed by atoms with Crippen LogP contribution in [0, 0.1) is 0 Å². The molecule has 1 fully saturated rings. The number of nitrogens with zero attached hydrogens (tertiary/aromatic N) is 2. The van der Waals surface area contributed by atoms with E-state index >= 15 is 0 Å². The molecule has 1 aromatic heterocycles. The Labute approximate surface area is 137 Å². The molecular formula is C16H24N2O4S. The van der Waals surface area contributed by atoms with Gasteiger partial charge in [-0.15, -0.1) is 0 Å². The number of pyridine rings is 1. The molecule has 1 amide bonds. The number of carbonyl (C=O) groups excluding carboxylic acids is 1. The Morgan fingerprint density at radius 3 is 2.74 bits per heavy atom. The largest absolute Gasteiger partial charge is 0.444 e. The van der Waals surface area contributed by atoms with Crippen LogP contribution < -0.4 is 0 Å². The molecule has 0 N–H and O–H groups in total. The normalized spacial score (nSPS) is 18.9. The number of hydrogen-bond donors (Lipinski definition) is 0. The fourth-order valence-corrected chi connectivity index (χ4v) is 4.30. The van der Waals surface area contributed by atoms with Crippen LogP contribution in [0.2, 0.25) is 0 Å². The molecule has 2 heterocycles. The van der Waals surface area contributed by atoms with Crippen molar-refractivity contribution in [3.05, 3.63) is 30.1 Å². The minimum Gasteiger partial charge on any atom is -0.444 e. The number of hydrogen-bond acceptors (Lipinski definition) is 5. The molecule has 1 atom stereocenters. The molecule has 0 bridgehead atoms. The van der Waals surface area contributed by atoms with Crippen molar-refractivity contribution in [2.75, 3.05) is 12.3 Å². The van der Waals surface area contributed by atoms with Gasteiger partial charge in [0.25, 0.3) is 0 Å². The number of sulfone groups is 1. The Kier molecular flexibility index (Phi) is 5.29. The van der Waals surface area contributed by atoms with E-state index in [-0.39, 0.29) is 17.5 Å². The van der Waals surface area contributed by atoms with Crippen LogP contribution in [0.15, 0.2) is 24.4 Å². The van der Waals surface area contributed by atoms with Crippen LogP contribution in [0.1, 0.15) is 39.3 Å². The lowest BCUT2D eigenvalue weighted by atomic mass is 10.2. The molecule has 0 aliphatic carbocycles. The number of likely N-dealkylation sites (tertiary alicyclic amines) is 1. The second-order valence-electron chi connectivity index (χ2n) is 6.85. The highest BCUT2D eigenvalue weighted by atomic mass is 32.2. The van der Waals surface area contributed by atoms with Crippen molar-refractivity contribution < 1.29 is 17.9 Å². The van der Waals surface area contributed by atoms with Crippen molar-refractivity contribution in [1.82, 2.24) is 9.88 Å². The number of rotatable bonds is 4. The van der Waals surface area contributed by atoms with E-state index < -0.39 is 21.5 Å². The van der Waals surface area contributed by atoms with E-state index in [9.17, 15) is 13.2 Å². The van der Waals surface area contributed by atoms with Crippen molar-refractivity contribution in [2.45, 2.75) is 51.0 Å². The highest BCUT2D eigenvalue weighted by Gasteiger charge is 2.35. The molecule has 1 aliphatic heterocycles. The van der Waals surface area contributed by atoms with E-state index in [2.05, 4.69) is 4.98 Å². The predicted octanol–water partition coefficient (Wildman–Crippen LogP) is 2.40. The van der Waals surface area contributed by atoms with Crippen LogP contribution >= 0.6 is 0 Å². The van der Waals surface area contributed by atoms with Gasteiger partial charge in [-0.2, -0.15) is 0 Å². The maximum atomic E-state index is 12.4. The number of amides is 1. The molecule has 2 rings (SSSR count). The quantitative estimate of drug-likeness (QED) is 0.841. The summed E-state index contributed by atoms with van der Waals surface area (Å²) in [7, 11) is -3.34. The summed E-state index contributed by atoms with van der Waals surface area (Å²) in [6.07, 6.45) is 2.62. The first-order valence-corrected chi connectivity index (χ1v) is 9.58. The van der Waals surface area contributed by atoms with Gasteiger partial charge in [-0.05, 0) is 45.7 Å². The molecule has 1 aliphatic rings. The zero-order chi connectivity index (χ0) is 17.1. The Morgan fingerprint density at radius 2 is 2.13 bits per heavy atom. The van der Waals surface area contributed by atoms with Crippen LogP contribution in [-0.2, 0) is 20.3 Å². The number of ether oxygens (including phenoxy) is 1. The minimum atomic E-state index is -3.34. The Hall–Kier alpha value is -1.63. The molecule has 0 aromatic carbocycles.